The van der Waals surface area contributed by atoms with Gasteiger partial charge in [0.2, 0.25) is 0 Å². The Morgan fingerprint density at radius 1 is 1.12 bits per heavy atom. The van der Waals surface area contributed by atoms with Crippen molar-refractivity contribution < 1.29 is 0 Å². The second kappa shape index (κ2) is 2.29. The minimum atomic E-state index is 0.110. The maximum atomic E-state index is 4.33. The highest BCUT2D eigenvalue weighted by atomic mass is 14.8. The molecule has 1 heteroatoms. The van der Waals surface area contributed by atoms with Crippen LogP contribution < -0.4 is 0 Å². The van der Waals surface area contributed by atoms with Crippen LogP contribution in [0, 0.1) is 0 Å². The van der Waals surface area contributed by atoms with Gasteiger partial charge in [-0.1, -0.05) is 0 Å². The van der Waals surface area contributed by atoms with E-state index < -0.39 is 0 Å². The third-order valence-electron chi connectivity index (χ3n) is 0.559. The lowest BCUT2D eigenvalue weighted by molar-refractivity contribution is 0.583. The Morgan fingerprint density at radius 3 is 1.50 bits per heavy atom. The molecule has 0 amide bonds. The van der Waals surface area contributed by atoms with E-state index in [2.05, 4.69) is 25.8 Å². The third kappa shape index (κ3) is 5.67. The van der Waals surface area contributed by atoms with Crippen molar-refractivity contribution in [1.82, 2.24) is 0 Å². The van der Waals surface area contributed by atoms with Crippen molar-refractivity contribution in [2.24, 2.45) is 4.99 Å². The summed E-state index contributed by atoms with van der Waals surface area (Å²) in [5.74, 6) is 0. The summed E-state index contributed by atoms with van der Waals surface area (Å²) in [5.41, 5.74) is 1.26. The SMILES string of the molecule is CC(C)=NC(C)(C)C. The topological polar surface area (TPSA) is 12.4 Å². The quantitative estimate of drug-likeness (QED) is 0.427. The highest BCUT2D eigenvalue weighted by molar-refractivity contribution is 5.79. The van der Waals surface area contributed by atoms with Crippen molar-refractivity contribution in [3.63, 3.8) is 0 Å². The predicted molar refractivity (Wildman–Crippen MR) is 38.5 cm³/mol. The van der Waals surface area contributed by atoms with Gasteiger partial charge in [-0.05, 0) is 34.6 Å². The number of hydrogen-bond acceptors (Lipinski definition) is 1. The average molecular weight is 113 g/mol. The van der Waals surface area contributed by atoms with Gasteiger partial charge in [0.1, 0.15) is 0 Å². The van der Waals surface area contributed by atoms with E-state index in [0.29, 0.717) is 0 Å². The van der Waals surface area contributed by atoms with Gasteiger partial charge < -0.3 is 0 Å². The van der Waals surface area contributed by atoms with Gasteiger partial charge >= 0.3 is 0 Å². The molecule has 0 unspecified atom stereocenters. The molecule has 0 N–H and O–H groups in total. The van der Waals surface area contributed by atoms with Crippen molar-refractivity contribution in [3.05, 3.63) is 0 Å². The first-order valence-corrected chi connectivity index (χ1v) is 2.95. The van der Waals surface area contributed by atoms with Crippen LogP contribution in [-0.4, -0.2) is 11.3 Å². The molecule has 0 bridgehead atoms. The van der Waals surface area contributed by atoms with Crippen molar-refractivity contribution in [2.45, 2.75) is 40.2 Å². The van der Waals surface area contributed by atoms with Crippen LogP contribution in [0.2, 0.25) is 0 Å². The maximum Gasteiger partial charge on any atom is 0.0523 e. The molecule has 0 aromatic carbocycles. The summed E-state index contributed by atoms with van der Waals surface area (Å²) in [5, 5.41) is 0. The lowest BCUT2D eigenvalue weighted by atomic mass is 10.1. The standard InChI is InChI=1S/C7H15N/c1-6(2)8-7(3,4)5/h1-5H3. The lowest BCUT2D eigenvalue weighted by Crippen LogP contribution is -2.11. The fraction of sp³-hybridized carbons (Fsp3) is 0.857. The summed E-state index contributed by atoms with van der Waals surface area (Å²) in [6, 6.07) is 0. The fourth-order valence-corrected chi connectivity index (χ4v) is 0.671. The molecule has 0 aliphatic rings. The third-order valence-corrected chi connectivity index (χ3v) is 0.559. The van der Waals surface area contributed by atoms with Crippen molar-refractivity contribution in [3.8, 4) is 0 Å². The zero-order valence-electron chi connectivity index (χ0n) is 6.45. The molecule has 0 aromatic rings. The van der Waals surface area contributed by atoms with Crippen molar-refractivity contribution >= 4 is 5.71 Å². The summed E-state index contributed by atoms with van der Waals surface area (Å²) < 4.78 is 0. The van der Waals surface area contributed by atoms with Crippen LogP contribution in [-0.2, 0) is 0 Å². The molecule has 1 nitrogen and oxygen atoms in total. The fourth-order valence-electron chi connectivity index (χ4n) is 0.671. The maximum absolute atomic E-state index is 4.33. The average Bonchev–Trinajstić information content (AvgIpc) is 1.21. The lowest BCUT2D eigenvalue weighted by Gasteiger charge is -2.11. The molecule has 0 heterocycles. The van der Waals surface area contributed by atoms with Gasteiger partial charge in [-0.3, -0.25) is 4.99 Å². The van der Waals surface area contributed by atoms with E-state index >= 15 is 0 Å². The van der Waals surface area contributed by atoms with Crippen LogP contribution in [0.1, 0.15) is 34.6 Å². The summed E-state index contributed by atoms with van der Waals surface area (Å²) >= 11 is 0. The Bertz CT molecular complexity index is 91.4. The Kier molecular flexibility index (Phi) is 2.20. The van der Waals surface area contributed by atoms with Crippen LogP contribution in [0.25, 0.3) is 0 Å². The van der Waals surface area contributed by atoms with E-state index in [4.69, 9.17) is 0 Å². The number of nitrogens with zero attached hydrogens (tertiary/aromatic N) is 1. The highest BCUT2D eigenvalue weighted by Gasteiger charge is 2.04. The molecule has 0 aliphatic carbocycles. The molecular weight excluding hydrogens is 98.1 g/mol. The van der Waals surface area contributed by atoms with Gasteiger partial charge in [-0.15, -0.1) is 0 Å². The second-order valence-electron chi connectivity index (χ2n) is 3.23. The normalized spacial score (nSPS) is 11.1. The van der Waals surface area contributed by atoms with Crippen LogP contribution in [0.3, 0.4) is 0 Å². The van der Waals surface area contributed by atoms with E-state index in [1.165, 1.54) is 0 Å². The Hall–Kier alpha value is -0.330. The molecular formula is C7H15N. The van der Waals surface area contributed by atoms with Gasteiger partial charge in [0, 0.05) is 5.71 Å². The van der Waals surface area contributed by atoms with E-state index in [9.17, 15) is 0 Å². The van der Waals surface area contributed by atoms with E-state index in [-0.39, 0.29) is 5.54 Å². The first-order chi connectivity index (χ1) is 3.42. The van der Waals surface area contributed by atoms with Crippen LogP contribution >= 0.6 is 0 Å². The Labute approximate surface area is 51.8 Å². The molecule has 0 spiro atoms. The second-order valence-corrected chi connectivity index (χ2v) is 3.23. The zero-order chi connectivity index (χ0) is 6.78. The molecule has 0 saturated heterocycles. The van der Waals surface area contributed by atoms with Crippen LogP contribution in [0.4, 0.5) is 0 Å². The van der Waals surface area contributed by atoms with E-state index in [1.807, 2.05) is 13.8 Å². The summed E-state index contributed by atoms with van der Waals surface area (Å²) in [6.07, 6.45) is 0. The summed E-state index contributed by atoms with van der Waals surface area (Å²) in [7, 11) is 0. The molecule has 0 rings (SSSR count). The molecule has 0 atom stereocenters. The summed E-state index contributed by atoms with van der Waals surface area (Å²) in [4.78, 5) is 4.33. The van der Waals surface area contributed by atoms with E-state index in [1.54, 1.807) is 0 Å². The number of hydrogen-bond donors (Lipinski definition) is 0. The first kappa shape index (κ1) is 7.67. The predicted octanol–water partition coefficient (Wildman–Crippen LogP) is 2.27. The number of rotatable bonds is 0. The van der Waals surface area contributed by atoms with Crippen LogP contribution in [0.15, 0.2) is 4.99 Å². The number of aliphatic imine (C=N–C) groups is 1. The van der Waals surface area contributed by atoms with Gasteiger partial charge in [-0.2, -0.15) is 0 Å². The van der Waals surface area contributed by atoms with Gasteiger partial charge in [0.15, 0.2) is 0 Å². The van der Waals surface area contributed by atoms with Crippen LogP contribution in [0.5, 0.6) is 0 Å². The molecule has 0 fully saturated rings. The molecule has 0 radical (unpaired) electrons. The highest BCUT2D eigenvalue weighted by Crippen LogP contribution is 2.05. The first-order valence-electron chi connectivity index (χ1n) is 2.95. The summed E-state index contributed by atoms with van der Waals surface area (Å²) in [6.45, 7) is 10.3. The van der Waals surface area contributed by atoms with E-state index in [0.717, 1.165) is 5.71 Å². The molecule has 0 saturated carbocycles. The van der Waals surface area contributed by atoms with Gasteiger partial charge in [0.25, 0.3) is 0 Å². The minimum Gasteiger partial charge on any atom is -0.289 e. The zero-order valence-corrected chi connectivity index (χ0v) is 6.45. The monoisotopic (exact) mass is 113 g/mol. The Balaban J connectivity index is 3.89. The molecule has 48 valence electrons. The Morgan fingerprint density at radius 2 is 1.50 bits per heavy atom. The minimum absolute atomic E-state index is 0.110. The van der Waals surface area contributed by atoms with Gasteiger partial charge in [-0.25, -0.2) is 0 Å². The largest absolute Gasteiger partial charge is 0.289 e. The smallest absolute Gasteiger partial charge is 0.0523 e. The van der Waals surface area contributed by atoms with Gasteiger partial charge in [0.05, 0.1) is 5.54 Å². The van der Waals surface area contributed by atoms with Crippen molar-refractivity contribution in [1.29, 1.82) is 0 Å². The molecule has 0 aromatic heterocycles. The van der Waals surface area contributed by atoms with Crippen molar-refractivity contribution in [2.75, 3.05) is 0 Å². The molecule has 8 heavy (non-hydrogen) atoms. The molecule has 0 aliphatic heterocycles.